The summed E-state index contributed by atoms with van der Waals surface area (Å²) in [5.74, 6) is -3.20. The van der Waals surface area contributed by atoms with Crippen molar-refractivity contribution in [1.82, 2.24) is 10.2 Å². The molecule has 3 amide bonds. The van der Waals surface area contributed by atoms with Gasteiger partial charge in [-0.25, -0.2) is 13.6 Å². The van der Waals surface area contributed by atoms with Crippen molar-refractivity contribution in [2.45, 2.75) is 31.7 Å². The van der Waals surface area contributed by atoms with E-state index in [9.17, 15) is 23.2 Å². The SMILES string of the molecule is C[C@]1(c2ccc(F)c(F)c2)NC(=O)N(CC(=O)c2ccc3c(c2)CCC3)C1=O. The summed E-state index contributed by atoms with van der Waals surface area (Å²) in [5, 5.41) is 2.49. The van der Waals surface area contributed by atoms with Gasteiger partial charge in [0.1, 0.15) is 5.54 Å². The number of carbonyl (C=O) groups excluding carboxylic acids is 3. The number of rotatable bonds is 4. The highest BCUT2D eigenvalue weighted by molar-refractivity contribution is 6.11. The first kappa shape index (κ1) is 18.3. The molecule has 5 nitrogen and oxygen atoms in total. The van der Waals surface area contributed by atoms with E-state index in [1.54, 1.807) is 6.07 Å². The maximum Gasteiger partial charge on any atom is 0.325 e. The Balaban J connectivity index is 1.57. The maximum atomic E-state index is 13.6. The molecule has 28 heavy (non-hydrogen) atoms. The second-order valence-electron chi connectivity index (χ2n) is 7.34. The first-order valence-electron chi connectivity index (χ1n) is 9.04. The van der Waals surface area contributed by atoms with Crippen LogP contribution in [0, 0.1) is 11.6 Å². The third-order valence-electron chi connectivity index (χ3n) is 5.49. The van der Waals surface area contributed by atoms with E-state index < -0.39 is 35.7 Å². The number of Topliss-reactive ketones (excluding diaryl/α,β-unsaturated/α-hetero) is 1. The molecule has 0 saturated carbocycles. The van der Waals surface area contributed by atoms with E-state index in [0.29, 0.717) is 5.56 Å². The Labute approximate surface area is 160 Å². The lowest BCUT2D eigenvalue weighted by molar-refractivity contribution is -0.130. The number of fused-ring (bicyclic) bond motifs is 1. The van der Waals surface area contributed by atoms with E-state index >= 15 is 0 Å². The van der Waals surface area contributed by atoms with Crippen LogP contribution in [0.15, 0.2) is 36.4 Å². The Morgan fingerprint density at radius 3 is 2.57 bits per heavy atom. The summed E-state index contributed by atoms with van der Waals surface area (Å²) in [4.78, 5) is 38.7. The number of halogens is 2. The van der Waals surface area contributed by atoms with E-state index in [0.717, 1.165) is 41.9 Å². The van der Waals surface area contributed by atoms with Crippen LogP contribution in [-0.2, 0) is 23.2 Å². The fourth-order valence-electron chi connectivity index (χ4n) is 3.82. The van der Waals surface area contributed by atoms with Crippen LogP contribution in [0.2, 0.25) is 0 Å². The Morgan fingerprint density at radius 2 is 1.82 bits per heavy atom. The lowest BCUT2D eigenvalue weighted by Gasteiger charge is -2.22. The minimum atomic E-state index is -1.57. The second kappa shape index (κ2) is 6.51. The van der Waals surface area contributed by atoms with Gasteiger partial charge in [-0.15, -0.1) is 0 Å². The van der Waals surface area contributed by atoms with Gasteiger partial charge in [0, 0.05) is 5.56 Å². The van der Waals surface area contributed by atoms with E-state index in [2.05, 4.69) is 5.32 Å². The number of carbonyl (C=O) groups is 3. The fourth-order valence-corrected chi connectivity index (χ4v) is 3.82. The molecule has 4 rings (SSSR count). The van der Waals surface area contributed by atoms with Crippen molar-refractivity contribution < 1.29 is 23.2 Å². The molecule has 144 valence electrons. The Kier molecular flexibility index (Phi) is 4.25. The molecule has 2 aromatic carbocycles. The highest BCUT2D eigenvalue weighted by Crippen LogP contribution is 2.30. The summed E-state index contributed by atoms with van der Waals surface area (Å²) < 4.78 is 26.8. The summed E-state index contributed by atoms with van der Waals surface area (Å²) in [7, 11) is 0. The Bertz CT molecular complexity index is 1020. The molecule has 2 aliphatic rings. The fraction of sp³-hybridized carbons (Fsp3) is 0.286. The monoisotopic (exact) mass is 384 g/mol. The molecule has 0 spiro atoms. The van der Waals surface area contributed by atoms with Crippen LogP contribution in [0.25, 0.3) is 0 Å². The van der Waals surface area contributed by atoms with E-state index in [-0.39, 0.29) is 11.3 Å². The van der Waals surface area contributed by atoms with E-state index in [4.69, 9.17) is 0 Å². The molecule has 1 aliphatic heterocycles. The predicted molar refractivity (Wildman–Crippen MR) is 96.8 cm³/mol. The van der Waals surface area contributed by atoms with Gasteiger partial charge >= 0.3 is 6.03 Å². The number of urea groups is 1. The summed E-state index contributed by atoms with van der Waals surface area (Å²) in [6.07, 6.45) is 2.95. The van der Waals surface area contributed by atoms with E-state index in [1.165, 1.54) is 18.6 Å². The number of amides is 3. The Hall–Kier alpha value is -3.09. The summed E-state index contributed by atoms with van der Waals surface area (Å²) >= 11 is 0. The zero-order chi connectivity index (χ0) is 20.1. The van der Waals surface area contributed by atoms with Gasteiger partial charge in [-0.2, -0.15) is 0 Å². The number of hydrogen-bond acceptors (Lipinski definition) is 3. The molecule has 0 radical (unpaired) electrons. The number of nitrogens with zero attached hydrogens (tertiary/aromatic N) is 1. The van der Waals surface area contributed by atoms with Gasteiger partial charge in [0.2, 0.25) is 0 Å². The molecule has 2 aromatic rings. The molecular weight excluding hydrogens is 366 g/mol. The third kappa shape index (κ3) is 2.87. The van der Waals surface area contributed by atoms with Gasteiger partial charge in [-0.3, -0.25) is 14.5 Å². The van der Waals surface area contributed by atoms with Gasteiger partial charge in [0.15, 0.2) is 17.4 Å². The number of ketones is 1. The molecule has 0 aromatic heterocycles. The predicted octanol–water partition coefficient (Wildman–Crippen LogP) is 3.10. The zero-order valence-corrected chi connectivity index (χ0v) is 15.2. The number of imide groups is 1. The highest BCUT2D eigenvalue weighted by Gasteiger charge is 2.49. The Morgan fingerprint density at radius 1 is 1.07 bits per heavy atom. The van der Waals surface area contributed by atoms with Gasteiger partial charge in [-0.1, -0.05) is 18.2 Å². The number of benzene rings is 2. The smallest absolute Gasteiger partial charge is 0.319 e. The van der Waals surface area contributed by atoms with Crippen molar-refractivity contribution in [3.63, 3.8) is 0 Å². The van der Waals surface area contributed by atoms with Crippen LogP contribution < -0.4 is 5.32 Å². The van der Waals surface area contributed by atoms with Crippen molar-refractivity contribution >= 4 is 17.7 Å². The van der Waals surface area contributed by atoms with Gasteiger partial charge in [0.05, 0.1) is 6.54 Å². The van der Waals surface area contributed by atoms with Crippen LogP contribution >= 0.6 is 0 Å². The van der Waals surface area contributed by atoms with Crippen molar-refractivity contribution in [2.75, 3.05) is 6.54 Å². The van der Waals surface area contributed by atoms with Crippen LogP contribution in [0.3, 0.4) is 0 Å². The van der Waals surface area contributed by atoms with Gasteiger partial charge < -0.3 is 5.32 Å². The third-order valence-corrected chi connectivity index (χ3v) is 5.49. The van der Waals surface area contributed by atoms with Crippen molar-refractivity contribution in [1.29, 1.82) is 0 Å². The number of aryl methyl sites for hydroxylation is 2. The molecule has 1 N–H and O–H groups in total. The quantitative estimate of drug-likeness (QED) is 0.651. The second-order valence-corrected chi connectivity index (χ2v) is 7.34. The number of hydrogen-bond donors (Lipinski definition) is 1. The minimum absolute atomic E-state index is 0.109. The summed E-state index contributed by atoms with van der Waals surface area (Å²) in [6, 6.07) is 7.70. The molecule has 7 heteroatoms. The molecule has 1 saturated heterocycles. The van der Waals surface area contributed by atoms with Crippen LogP contribution in [-0.4, -0.2) is 29.2 Å². The number of nitrogens with one attached hydrogen (secondary N) is 1. The van der Waals surface area contributed by atoms with Gasteiger partial charge in [-0.05, 0) is 61.1 Å². The molecule has 1 heterocycles. The van der Waals surface area contributed by atoms with Crippen LogP contribution in [0.1, 0.15) is 40.4 Å². The lowest BCUT2D eigenvalue weighted by atomic mass is 9.92. The maximum absolute atomic E-state index is 13.6. The summed E-state index contributed by atoms with van der Waals surface area (Å²) in [5.41, 5.74) is 1.33. The lowest BCUT2D eigenvalue weighted by Crippen LogP contribution is -2.41. The molecular formula is C21H18F2N2O3. The van der Waals surface area contributed by atoms with Crippen molar-refractivity contribution in [3.05, 3.63) is 70.3 Å². The average molecular weight is 384 g/mol. The van der Waals surface area contributed by atoms with E-state index in [1.807, 2.05) is 12.1 Å². The van der Waals surface area contributed by atoms with Crippen molar-refractivity contribution in [3.8, 4) is 0 Å². The molecule has 0 unspecified atom stereocenters. The van der Waals surface area contributed by atoms with Crippen LogP contribution in [0.5, 0.6) is 0 Å². The topological polar surface area (TPSA) is 66.5 Å². The molecule has 0 bridgehead atoms. The molecule has 1 fully saturated rings. The highest BCUT2D eigenvalue weighted by atomic mass is 19.2. The first-order chi connectivity index (χ1) is 13.3. The molecule has 1 atom stereocenters. The minimum Gasteiger partial charge on any atom is -0.319 e. The van der Waals surface area contributed by atoms with Gasteiger partial charge in [0.25, 0.3) is 5.91 Å². The average Bonchev–Trinajstić information content (AvgIpc) is 3.22. The van der Waals surface area contributed by atoms with Crippen molar-refractivity contribution in [2.24, 2.45) is 0 Å². The normalized spacial score (nSPS) is 21.0. The summed E-state index contributed by atoms with van der Waals surface area (Å²) in [6.45, 7) is 0.989. The zero-order valence-electron chi connectivity index (χ0n) is 15.2. The first-order valence-corrected chi connectivity index (χ1v) is 9.04. The molecule has 1 aliphatic carbocycles. The largest absolute Gasteiger partial charge is 0.325 e. The standard InChI is InChI=1S/C21H18F2N2O3/c1-21(15-7-8-16(22)17(23)10-15)19(27)25(20(28)24-21)11-18(26)14-6-5-12-3-2-4-13(12)9-14/h5-10H,2-4,11H2,1H3,(H,24,28)/t21-/m1/s1. The van der Waals surface area contributed by atoms with Crippen LogP contribution in [0.4, 0.5) is 13.6 Å².